The molecular weight excluding hydrogens is 338 g/mol. The van der Waals surface area contributed by atoms with Crippen molar-refractivity contribution < 1.29 is 13.3 Å². The molecule has 2 aromatic heterocycles. The Bertz CT molecular complexity index is 991. The largest absolute Gasteiger partial charge is 0.490 e. The summed E-state index contributed by atoms with van der Waals surface area (Å²) in [5.74, 6) is -0.487. The van der Waals surface area contributed by atoms with E-state index in [2.05, 4.69) is 20.4 Å². The van der Waals surface area contributed by atoms with Crippen LogP contribution < -0.4 is 0 Å². The first kappa shape index (κ1) is 15.7. The van der Waals surface area contributed by atoms with E-state index in [1.165, 1.54) is 27.8 Å². The molecule has 0 radical (unpaired) electrons. The first-order valence-corrected chi connectivity index (χ1v) is 8.47. The van der Waals surface area contributed by atoms with E-state index in [1.807, 2.05) is 0 Å². The molecule has 0 spiro atoms. The molecule has 0 bridgehead atoms. The number of nitrogens with zero attached hydrogens (tertiary/aromatic N) is 7. The van der Waals surface area contributed by atoms with Gasteiger partial charge >= 0.3 is 5.95 Å². The van der Waals surface area contributed by atoms with Crippen molar-refractivity contribution in [3.05, 3.63) is 52.6 Å². The van der Waals surface area contributed by atoms with Crippen LogP contribution >= 0.6 is 0 Å². The van der Waals surface area contributed by atoms with Gasteiger partial charge in [0.25, 0.3) is 0 Å². The van der Waals surface area contributed by atoms with E-state index in [-0.39, 0.29) is 11.4 Å². The second-order valence-corrected chi connectivity index (χ2v) is 6.94. The highest BCUT2D eigenvalue weighted by Crippen LogP contribution is 2.13. The first-order chi connectivity index (χ1) is 11.3. The van der Waals surface area contributed by atoms with Gasteiger partial charge < -0.3 is 10.1 Å². The lowest BCUT2D eigenvalue weighted by molar-refractivity contribution is -0.394. The third-order valence-corrected chi connectivity index (χ3v) is 4.21. The standard InChI is InChI=1S/C12H11N7O4S/c1-24(22,23)11-4-2-10(3-5-11)18-7-9(14-16-18)6-17-8-13-12(15-17)19(20)21/h2-5,7-8H,6H2,1H3. The number of hydrogen-bond acceptors (Lipinski definition) is 8. The van der Waals surface area contributed by atoms with Crippen LogP contribution in [0.3, 0.4) is 0 Å². The molecule has 0 saturated carbocycles. The number of nitro groups is 1. The minimum atomic E-state index is -3.26. The number of rotatable bonds is 5. The Morgan fingerprint density at radius 1 is 1.25 bits per heavy atom. The van der Waals surface area contributed by atoms with Gasteiger partial charge in [-0.3, -0.25) is 0 Å². The van der Waals surface area contributed by atoms with Crippen LogP contribution in [0, 0.1) is 10.1 Å². The maximum atomic E-state index is 11.4. The highest BCUT2D eigenvalue weighted by atomic mass is 32.2. The van der Waals surface area contributed by atoms with Crippen molar-refractivity contribution in [3.63, 3.8) is 0 Å². The van der Waals surface area contributed by atoms with Gasteiger partial charge in [0, 0.05) is 11.4 Å². The van der Waals surface area contributed by atoms with Crippen LogP contribution in [0.4, 0.5) is 5.95 Å². The third kappa shape index (κ3) is 3.27. The Kier molecular flexibility index (Phi) is 3.81. The van der Waals surface area contributed by atoms with E-state index in [4.69, 9.17) is 0 Å². The van der Waals surface area contributed by atoms with Crippen molar-refractivity contribution in [2.75, 3.05) is 6.26 Å². The lowest BCUT2D eigenvalue weighted by Crippen LogP contribution is -2.01. The van der Waals surface area contributed by atoms with Gasteiger partial charge in [0.15, 0.2) is 9.84 Å². The molecule has 0 fully saturated rings. The van der Waals surface area contributed by atoms with Crippen molar-refractivity contribution in [2.24, 2.45) is 0 Å². The summed E-state index contributed by atoms with van der Waals surface area (Å²) >= 11 is 0. The fourth-order valence-corrected chi connectivity index (χ4v) is 2.58. The lowest BCUT2D eigenvalue weighted by Gasteiger charge is -2.01. The number of benzene rings is 1. The molecular formula is C12H11N7O4S. The quantitative estimate of drug-likeness (QED) is 0.471. The molecule has 1 aromatic carbocycles. The molecule has 0 atom stereocenters. The Morgan fingerprint density at radius 2 is 1.96 bits per heavy atom. The maximum absolute atomic E-state index is 11.4. The maximum Gasteiger partial charge on any atom is 0.490 e. The Balaban J connectivity index is 1.78. The highest BCUT2D eigenvalue weighted by Gasteiger charge is 2.14. The fraction of sp³-hybridized carbons (Fsp3) is 0.167. The fourth-order valence-electron chi connectivity index (χ4n) is 1.95. The molecule has 124 valence electrons. The second-order valence-electron chi connectivity index (χ2n) is 4.92. The van der Waals surface area contributed by atoms with Crippen molar-refractivity contribution in [3.8, 4) is 5.69 Å². The normalized spacial score (nSPS) is 11.5. The van der Waals surface area contributed by atoms with E-state index in [0.717, 1.165) is 6.26 Å². The van der Waals surface area contributed by atoms with Crippen molar-refractivity contribution >= 4 is 15.8 Å². The monoisotopic (exact) mass is 349 g/mol. The zero-order valence-electron chi connectivity index (χ0n) is 12.3. The molecule has 3 rings (SSSR count). The summed E-state index contributed by atoms with van der Waals surface area (Å²) in [4.78, 5) is 13.6. The number of aromatic nitrogens is 6. The highest BCUT2D eigenvalue weighted by molar-refractivity contribution is 7.90. The molecule has 11 nitrogen and oxygen atoms in total. The summed E-state index contributed by atoms with van der Waals surface area (Å²) in [6.45, 7) is 0.169. The van der Waals surface area contributed by atoms with Gasteiger partial charge in [-0.2, -0.15) is 4.68 Å². The molecule has 0 amide bonds. The van der Waals surface area contributed by atoms with Gasteiger partial charge in [-0.25, -0.2) is 13.1 Å². The summed E-state index contributed by atoms with van der Waals surface area (Å²) in [7, 11) is -3.26. The molecule has 0 aliphatic heterocycles. The van der Waals surface area contributed by atoms with Gasteiger partial charge in [-0.05, 0) is 29.2 Å². The van der Waals surface area contributed by atoms with Gasteiger partial charge in [-0.15, -0.1) is 5.10 Å². The zero-order valence-corrected chi connectivity index (χ0v) is 13.2. The predicted molar refractivity (Wildman–Crippen MR) is 80.2 cm³/mol. The molecule has 0 aliphatic carbocycles. The SMILES string of the molecule is CS(=O)(=O)c1ccc(-n2cc(Cn3cnc([N+](=O)[O-])n3)nn2)cc1. The molecule has 24 heavy (non-hydrogen) atoms. The van der Waals surface area contributed by atoms with E-state index >= 15 is 0 Å². The average molecular weight is 349 g/mol. The van der Waals surface area contributed by atoms with E-state index in [1.54, 1.807) is 18.3 Å². The Labute approximate surface area is 135 Å². The second kappa shape index (κ2) is 5.81. The van der Waals surface area contributed by atoms with Gasteiger partial charge in [-0.1, -0.05) is 10.2 Å². The molecule has 0 unspecified atom stereocenters. The average Bonchev–Trinajstić information content (AvgIpc) is 3.16. The van der Waals surface area contributed by atoms with Gasteiger partial charge in [0.1, 0.15) is 12.2 Å². The molecule has 0 N–H and O–H groups in total. The Hall–Kier alpha value is -3.15. The minimum Gasteiger partial charge on any atom is -0.390 e. The topological polar surface area (TPSA) is 139 Å². The van der Waals surface area contributed by atoms with Crippen molar-refractivity contribution in [1.29, 1.82) is 0 Å². The molecule has 2 heterocycles. The van der Waals surface area contributed by atoms with E-state index < -0.39 is 20.7 Å². The van der Waals surface area contributed by atoms with Crippen molar-refractivity contribution in [1.82, 2.24) is 29.8 Å². The summed E-state index contributed by atoms with van der Waals surface area (Å²) in [6.07, 6.45) is 3.98. The zero-order chi connectivity index (χ0) is 17.3. The predicted octanol–water partition coefficient (Wildman–Crippen LogP) is 0.219. The van der Waals surface area contributed by atoms with E-state index in [9.17, 15) is 18.5 Å². The van der Waals surface area contributed by atoms with Crippen LogP contribution in [0.15, 0.2) is 41.7 Å². The van der Waals surface area contributed by atoms with Crippen LogP contribution in [0.1, 0.15) is 5.69 Å². The van der Waals surface area contributed by atoms with E-state index in [0.29, 0.717) is 11.4 Å². The molecule has 3 aromatic rings. The molecule has 0 saturated heterocycles. The first-order valence-electron chi connectivity index (χ1n) is 6.58. The summed E-state index contributed by atoms with van der Waals surface area (Å²) in [6, 6.07) is 6.17. The summed E-state index contributed by atoms with van der Waals surface area (Å²) < 4.78 is 25.6. The van der Waals surface area contributed by atoms with Crippen LogP contribution in [0.25, 0.3) is 5.69 Å². The molecule has 0 aliphatic rings. The number of hydrogen-bond donors (Lipinski definition) is 0. The van der Waals surface area contributed by atoms with Gasteiger partial charge in [0.2, 0.25) is 6.33 Å². The lowest BCUT2D eigenvalue weighted by atomic mass is 10.3. The summed E-state index contributed by atoms with van der Waals surface area (Å²) in [5, 5.41) is 22.1. The van der Waals surface area contributed by atoms with Crippen LogP contribution in [-0.2, 0) is 16.4 Å². The third-order valence-electron chi connectivity index (χ3n) is 3.08. The van der Waals surface area contributed by atoms with Gasteiger partial charge in [0.05, 0.1) is 16.8 Å². The minimum absolute atomic E-state index is 0.169. The molecule has 12 heteroatoms. The Morgan fingerprint density at radius 3 is 2.54 bits per heavy atom. The summed E-state index contributed by atoms with van der Waals surface area (Å²) in [5.41, 5.74) is 1.15. The smallest absolute Gasteiger partial charge is 0.390 e. The number of sulfone groups is 1. The van der Waals surface area contributed by atoms with Crippen LogP contribution in [0.2, 0.25) is 0 Å². The van der Waals surface area contributed by atoms with Crippen molar-refractivity contribution in [2.45, 2.75) is 11.4 Å². The van der Waals surface area contributed by atoms with Crippen LogP contribution in [0.5, 0.6) is 0 Å². The van der Waals surface area contributed by atoms with Crippen LogP contribution in [-0.4, -0.2) is 49.4 Å².